The van der Waals surface area contributed by atoms with Crippen molar-refractivity contribution >= 4 is 24.0 Å². The maximum absolute atomic E-state index is 9.49. The second-order valence-electron chi connectivity index (χ2n) is 2.48. The molecule has 0 heterocycles. The van der Waals surface area contributed by atoms with Crippen molar-refractivity contribution in [1.82, 2.24) is 0 Å². The summed E-state index contributed by atoms with van der Waals surface area (Å²) in [6.07, 6.45) is 7.24. The van der Waals surface area contributed by atoms with Crippen LogP contribution in [0, 0.1) is 24.7 Å². The zero-order chi connectivity index (χ0) is 20.0. The van der Waals surface area contributed by atoms with Crippen LogP contribution in [0.15, 0.2) is 10.2 Å². The summed E-state index contributed by atoms with van der Waals surface area (Å²) in [6, 6.07) is 0. The highest BCUT2D eigenvalue weighted by Gasteiger charge is 1.87. The van der Waals surface area contributed by atoms with Gasteiger partial charge in [-0.25, -0.2) is 9.59 Å². The third kappa shape index (κ3) is 83.8. The summed E-state index contributed by atoms with van der Waals surface area (Å²) in [6.45, 7) is -0.476. The molecule has 0 saturated carbocycles. The van der Waals surface area contributed by atoms with E-state index >= 15 is 0 Å². The van der Waals surface area contributed by atoms with Crippen LogP contribution in [-0.4, -0.2) is 51.0 Å². The Kier molecular flexibility index (Phi) is 27.5. The Morgan fingerprint density at radius 1 is 0.958 bits per heavy atom. The lowest BCUT2D eigenvalue weighted by atomic mass is 10.5. The van der Waals surface area contributed by atoms with E-state index in [2.05, 4.69) is 28.0 Å². The largest absolute Gasteiger partial charge is 0.481 e. The topological polar surface area (TPSA) is 247 Å². The van der Waals surface area contributed by atoms with Crippen molar-refractivity contribution in [2.45, 2.75) is 6.42 Å². The predicted octanol–water partition coefficient (Wildman–Crippen LogP) is 1.15. The highest BCUT2D eigenvalue weighted by Crippen LogP contribution is 1.68. The number of nitrogens with zero attached hydrogens (tertiary/aromatic N) is 6. The van der Waals surface area contributed by atoms with Crippen molar-refractivity contribution in [2.24, 2.45) is 10.2 Å². The van der Waals surface area contributed by atoms with Gasteiger partial charge in [-0.15, -0.1) is 12.8 Å². The van der Waals surface area contributed by atoms with Gasteiger partial charge < -0.3 is 20.4 Å². The number of terminal acetylenes is 2. The minimum atomic E-state index is -1.50. The fourth-order valence-electron chi connectivity index (χ4n) is 0.218. The molecule has 0 aliphatic carbocycles. The molecule has 24 heavy (non-hydrogen) atoms. The fraction of sp³-hybridized carbons (Fsp3) is 0.200. The maximum atomic E-state index is 9.49. The molecule has 0 unspecified atom stereocenters. The van der Waals surface area contributed by atoms with E-state index in [1.54, 1.807) is 0 Å². The number of aliphatic carboxylic acids is 3. The molecule has 0 aromatic heterocycles. The number of carboxylic acids is 3. The number of azide groups is 2. The van der Waals surface area contributed by atoms with E-state index in [0.717, 1.165) is 0 Å². The minimum absolute atomic E-state index is 0.181. The molecule has 0 aliphatic rings. The second kappa shape index (κ2) is 23.7. The standard InChI is InChI=1S/C4H4O2.C3H2O2.C2H3N3O2.CHN3O2/c1-2-3-4(5)6;1-2-3(4)5;3-5-4-1-2(6)7;2-4-3-1(5)6/h1H,3H2,(H,5,6);1H,(H,4,5);1H2,(H,6,7);(H,5,6). The van der Waals surface area contributed by atoms with Crippen molar-refractivity contribution in [3.8, 4) is 24.7 Å². The first kappa shape index (κ1) is 27.9. The van der Waals surface area contributed by atoms with Gasteiger partial charge in [0.1, 0.15) is 13.0 Å². The van der Waals surface area contributed by atoms with Gasteiger partial charge in [0.15, 0.2) is 0 Å². The summed E-state index contributed by atoms with van der Waals surface area (Å²) < 4.78 is 0. The van der Waals surface area contributed by atoms with E-state index < -0.39 is 30.5 Å². The van der Waals surface area contributed by atoms with Gasteiger partial charge in [0.25, 0.3) is 0 Å². The molecule has 14 nitrogen and oxygen atoms in total. The highest BCUT2D eigenvalue weighted by atomic mass is 16.4. The molecule has 0 aromatic rings. The van der Waals surface area contributed by atoms with Gasteiger partial charge in [0, 0.05) is 20.9 Å². The molecule has 0 radical (unpaired) electrons. The van der Waals surface area contributed by atoms with E-state index in [0.29, 0.717) is 0 Å². The summed E-state index contributed by atoms with van der Waals surface area (Å²) >= 11 is 0. The summed E-state index contributed by atoms with van der Waals surface area (Å²) in [5.74, 6) is 0.135. The zero-order valence-electron chi connectivity index (χ0n) is 11.7. The summed E-state index contributed by atoms with van der Waals surface area (Å²) in [4.78, 5) is 41.4. The minimum Gasteiger partial charge on any atom is -0.481 e. The fourth-order valence-corrected chi connectivity index (χ4v) is 0.218. The molecule has 0 spiro atoms. The number of amides is 1. The molecular formula is C10H10N6O8. The van der Waals surface area contributed by atoms with Crippen molar-refractivity contribution in [1.29, 1.82) is 0 Å². The van der Waals surface area contributed by atoms with Gasteiger partial charge in [-0.3, -0.25) is 9.59 Å². The Hall–Kier alpha value is -4.38. The summed E-state index contributed by atoms with van der Waals surface area (Å²) in [5, 5.41) is 35.5. The van der Waals surface area contributed by atoms with Crippen LogP contribution in [0.5, 0.6) is 0 Å². The average molecular weight is 342 g/mol. The molecule has 0 rings (SSSR count). The van der Waals surface area contributed by atoms with E-state index in [1.807, 2.05) is 10.8 Å². The van der Waals surface area contributed by atoms with E-state index in [9.17, 15) is 14.4 Å². The van der Waals surface area contributed by atoms with Crippen molar-refractivity contribution in [2.75, 3.05) is 6.54 Å². The highest BCUT2D eigenvalue weighted by molar-refractivity contribution is 5.85. The number of hydrogen-bond acceptors (Lipinski definition) is 5. The molecule has 4 N–H and O–H groups in total. The number of carbonyl (C=O) groups is 4. The third-order valence-corrected chi connectivity index (χ3v) is 0.776. The normalized spacial score (nSPS) is 6.25. The molecular weight excluding hydrogens is 332 g/mol. The van der Waals surface area contributed by atoms with Crippen molar-refractivity contribution < 1.29 is 39.6 Å². The molecule has 0 fully saturated rings. The van der Waals surface area contributed by atoms with Crippen LogP contribution in [0.25, 0.3) is 20.9 Å². The van der Waals surface area contributed by atoms with Gasteiger partial charge in [-0.05, 0) is 11.1 Å². The lowest BCUT2D eigenvalue weighted by Crippen LogP contribution is -1.96. The monoisotopic (exact) mass is 342 g/mol. The Bertz CT molecular complexity index is 604. The van der Waals surface area contributed by atoms with Gasteiger partial charge in [-0.2, -0.15) is 0 Å². The maximum Gasteiger partial charge on any atom is 0.394 e. The first-order chi connectivity index (χ1) is 11.1. The van der Waals surface area contributed by atoms with Gasteiger partial charge in [-0.1, -0.05) is 11.0 Å². The van der Waals surface area contributed by atoms with Crippen LogP contribution in [0.2, 0.25) is 0 Å². The molecule has 0 atom stereocenters. The number of carboxylic acid groups (broad SMARTS) is 4. The molecule has 0 saturated heterocycles. The Labute approximate surface area is 133 Å². The Balaban J connectivity index is -0.000000112. The van der Waals surface area contributed by atoms with Crippen LogP contribution in [0.3, 0.4) is 0 Å². The van der Waals surface area contributed by atoms with Crippen LogP contribution >= 0.6 is 0 Å². The second-order valence-corrected chi connectivity index (χ2v) is 2.48. The van der Waals surface area contributed by atoms with Gasteiger partial charge >= 0.3 is 24.0 Å². The molecule has 1 amide bonds. The van der Waals surface area contributed by atoms with Crippen LogP contribution < -0.4 is 0 Å². The SMILES string of the molecule is C#CC(=O)O.C#CCC(=O)O.[N-]=[N+]=NC(=O)O.[N-]=[N+]=NCC(=O)O. The van der Waals surface area contributed by atoms with Crippen molar-refractivity contribution in [3.05, 3.63) is 20.9 Å². The van der Waals surface area contributed by atoms with E-state index in [-0.39, 0.29) is 6.42 Å². The average Bonchev–Trinajstić information content (AvgIpc) is 2.46. The number of rotatable bonds is 3. The molecule has 14 heteroatoms. The molecule has 0 aliphatic heterocycles. The smallest absolute Gasteiger partial charge is 0.394 e. The van der Waals surface area contributed by atoms with Crippen LogP contribution in [0.1, 0.15) is 6.42 Å². The molecule has 128 valence electrons. The number of hydrogen-bond donors (Lipinski definition) is 4. The van der Waals surface area contributed by atoms with Gasteiger partial charge in [0.05, 0.1) is 0 Å². The Morgan fingerprint density at radius 3 is 1.46 bits per heavy atom. The van der Waals surface area contributed by atoms with Crippen LogP contribution in [-0.2, 0) is 14.4 Å². The predicted molar refractivity (Wildman–Crippen MR) is 76.4 cm³/mol. The lowest BCUT2D eigenvalue weighted by Gasteiger charge is -1.74. The first-order valence-electron chi connectivity index (χ1n) is 4.94. The first-order valence-corrected chi connectivity index (χ1v) is 4.94. The Morgan fingerprint density at radius 2 is 1.42 bits per heavy atom. The van der Waals surface area contributed by atoms with Gasteiger partial charge in [0.2, 0.25) is 0 Å². The van der Waals surface area contributed by atoms with Crippen LogP contribution in [0.4, 0.5) is 4.79 Å². The summed E-state index contributed by atoms with van der Waals surface area (Å²) in [7, 11) is 0. The molecule has 0 bridgehead atoms. The van der Waals surface area contributed by atoms with E-state index in [1.165, 1.54) is 5.92 Å². The quantitative estimate of drug-likeness (QED) is 0.250. The van der Waals surface area contributed by atoms with Crippen molar-refractivity contribution in [3.63, 3.8) is 0 Å². The zero-order valence-corrected chi connectivity index (χ0v) is 11.7. The lowest BCUT2D eigenvalue weighted by molar-refractivity contribution is -0.136. The molecule has 0 aromatic carbocycles. The third-order valence-electron chi connectivity index (χ3n) is 0.776. The van der Waals surface area contributed by atoms with E-state index in [4.69, 9.17) is 36.3 Å². The summed E-state index contributed by atoms with van der Waals surface area (Å²) in [5.41, 5.74) is 14.8.